The van der Waals surface area contributed by atoms with Gasteiger partial charge in [0, 0.05) is 11.9 Å². The van der Waals surface area contributed by atoms with Gasteiger partial charge in [0.05, 0.1) is 5.03 Å². The van der Waals surface area contributed by atoms with E-state index in [0.29, 0.717) is 10.7 Å². The van der Waals surface area contributed by atoms with Gasteiger partial charge in [-0.3, -0.25) is 0 Å². The molecule has 0 atom stereocenters. The zero-order valence-corrected chi connectivity index (χ0v) is 5.73. The van der Waals surface area contributed by atoms with Crippen LogP contribution in [0.1, 0.15) is 0 Å². The lowest BCUT2D eigenvalue weighted by Crippen LogP contribution is -1.92. The van der Waals surface area contributed by atoms with Gasteiger partial charge in [0.15, 0.2) is 0 Å². The second-order valence-electron chi connectivity index (χ2n) is 1.40. The van der Waals surface area contributed by atoms with Crippen molar-refractivity contribution in [3.8, 4) is 0 Å². The minimum Gasteiger partial charge on any atom is -0.403 e. The molecule has 50 valence electrons. The van der Waals surface area contributed by atoms with Gasteiger partial charge < -0.3 is 11.5 Å². The van der Waals surface area contributed by atoms with E-state index in [4.69, 9.17) is 23.1 Å². The number of rotatable bonds is 2. The van der Waals surface area contributed by atoms with E-state index in [-0.39, 0.29) is 0 Å². The first-order valence-corrected chi connectivity index (χ1v) is 2.75. The van der Waals surface area contributed by atoms with Crippen LogP contribution in [0, 0.1) is 0 Å². The Morgan fingerprint density at radius 3 is 2.44 bits per heavy atom. The van der Waals surface area contributed by atoms with Crippen molar-refractivity contribution in [3.63, 3.8) is 0 Å². The molecule has 0 aliphatic carbocycles. The Bertz CT molecular complexity index is 158. The largest absolute Gasteiger partial charge is 0.403 e. The zero-order valence-electron chi connectivity index (χ0n) is 4.97. The van der Waals surface area contributed by atoms with Gasteiger partial charge in [-0.05, 0) is 12.2 Å². The van der Waals surface area contributed by atoms with E-state index in [1.165, 1.54) is 18.4 Å². The van der Waals surface area contributed by atoms with Crippen LogP contribution in [-0.2, 0) is 0 Å². The molecule has 0 unspecified atom stereocenters. The van der Waals surface area contributed by atoms with Crippen LogP contribution in [0.25, 0.3) is 0 Å². The lowest BCUT2D eigenvalue weighted by molar-refractivity contribution is 1.42. The standard InChI is InChI=1S/C6H9ClN2/c1-2-6(9)3-5(7)4-8/h2-4H,1,8-9H2/b5-4+,6-3-. The third-order valence-electron chi connectivity index (χ3n) is 0.699. The van der Waals surface area contributed by atoms with Crippen molar-refractivity contribution in [1.82, 2.24) is 0 Å². The monoisotopic (exact) mass is 144 g/mol. The Kier molecular flexibility index (Phi) is 3.64. The molecule has 0 saturated carbocycles. The van der Waals surface area contributed by atoms with E-state index in [1.807, 2.05) is 0 Å². The van der Waals surface area contributed by atoms with Gasteiger partial charge >= 0.3 is 0 Å². The molecule has 0 radical (unpaired) electrons. The summed E-state index contributed by atoms with van der Waals surface area (Å²) in [4.78, 5) is 0. The molecule has 0 aliphatic rings. The van der Waals surface area contributed by atoms with Crippen LogP contribution in [0.5, 0.6) is 0 Å². The fourth-order valence-electron chi connectivity index (χ4n) is 0.266. The number of nitrogens with two attached hydrogens (primary N) is 2. The van der Waals surface area contributed by atoms with Crippen LogP contribution in [0.4, 0.5) is 0 Å². The molecular formula is C6H9ClN2. The molecule has 0 fully saturated rings. The highest BCUT2D eigenvalue weighted by Gasteiger charge is 1.83. The minimum absolute atomic E-state index is 0.410. The van der Waals surface area contributed by atoms with Crippen molar-refractivity contribution in [2.24, 2.45) is 11.5 Å². The van der Waals surface area contributed by atoms with Gasteiger partial charge in [0.2, 0.25) is 0 Å². The van der Waals surface area contributed by atoms with E-state index >= 15 is 0 Å². The van der Waals surface area contributed by atoms with Crippen molar-refractivity contribution in [3.05, 3.63) is 35.7 Å². The molecule has 2 nitrogen and oxygen atoms in total. The first-order chi connectivity index (χ1) is 4.20. The molecule has 0 spiro atoms. The van der Waals surface area contributed by atoms with Gasteiger partial charge in [-0.2, -0.15) is 0 Å². The molecule has 0 aromatic rings. The van der Waals surface area contributed by atoms with E-state index in [0.717, 1.165) is 0 Å². The quantitative estimate of drug-likeness (QED) is 0.570. The highest BCUT2D eigenvalue weighted by atomic mass is 35.5. The Morgan fingerprint density at radius 2 is 2.11 bits per heavy atom. The average Bonchev–Trinajstić information content (AvgIpc) is 1.87. The summed E-state index contributed by atoms with van der Waals surface area (Å²) >= 11 is 5.47. The van der Waals surface area contributed by atoms with Crippen molar-refractivity contribution in [1.29, 1.82) is 0 Å². The van der Waals surface area contributed by atoms with Crippen molar-refractivity contribution in [2.45, 2.75) is 0 Å². The predicted molar refractivity (Wildman–Crippen MR) is 40.6 cm³/mol. The van der Waals surface area contributed by atoms with Crippen LogP contribution < -0.4 is 11.5 Å². The molecule has 0 aromatic heterocycles. The number of hydrogen-bond donors (Lipinski definition) is 2. The molecule has 0 aliphatic heterocycles. The Morgan fingerprint density at radius 1 is 1.56 bits per heavy atom. The molecule has 0 bridgehead atoms. The Hall–Kier alpha value is -0.890. The van der Waals surface area contributed by atoms with Crippen LogP contribution in [0.2, 0.25) is 0 Å². The van der Waals surface area contributed by atoms with Crippen LogP contribution in [0.3, 0.4) is 0 Å². The topological polar surface area (TPSA) is 52.0 Å². The molecule has 0 rings (SSSR count). The molecule has 0 heterocycles. The van der Waals surface area contributed by atoms with E-state index in [2.05, 4.69) is 6.58 Å². The molecule has 0 amide bonds. The van der Waals surface area contributed by atoms with E-state index < -0.39 is 0 Å². The molecule has 0 saturated heterocycles. The summed E-state index contributed by atoms with van der Waals surface area (Å²) in [6.45, 7) is 3.43. The number of hydrogen-bond acceptors (Lipinski definition) is 2. The fraction of sp³-hybridized carbons (Fsp3) is 0. The van der Waals surface area contributed by atoms with Gasteiger partial charge in [-0.1, -0.05) is 18.2 Å². The summed E-state index contributed by atoms with van der Waals surface area (Å²) < 4.78 is 0. The normalized spacial score (nSPS) is 13.4. The number of halogens is 1. The van der Waals surface area contributed by atoms with Crippen molar-refractivity contribution in [2.75, 3.05) is 0 Å². The number of allylic oxidation sites excluding steroid dienone is 3. The van der Waals surface area contributed by atoms with Crippen LogP contribution >= 0.6 is 11.6 Å². The molecule has 0 aromatic carbocycles. The lowest BCUT2D eigenvalue weighted by atomic mass is 10.4. The highest BCUT2D eigenvalue weighted by Crippen LogP contribution is 2.01. The smallest absolute Gasteiger partial charge is 0.0580 e. The summed E-state index contributed by atoms with van der Waals surface area (Å²) in [7, 11) is 0. The van der Waals surface area contributed by atoms with Crippen LogP contribution in [-0.4, -0.2) is 0 Å². The molecule has 9 heavy (non-hydrogen) atoms. The minimum atomic E-state index is 0.410. The maximum absolute atomic E-state index is 5.47. The average molecular weight is 145 g/mol. The summed E-state index contributed by atoms with van der Waals surface area (Å²) in [6.07, 6.45) is 4.28. The van der Waals surface area contributed by atoms with E-state index in [1.54, 1.807) is 0 Å². The molecular weight excluding hydrogens is 136 g/mol. The summed E-state index contributed by atoms with van der Waals surface area (Å²) in [5.74, 6) is 0. The maximum Gasteiger partial charge on any atom is 0.0580 e. The summed E-state index contributed by atoms with van der Waals surface area (Å²) in [6, 6.07) is 0. The SMILES string of the molecule is C=C/C(N)=C/C(Cl)=C\N. The third-order valence-corrected chi connectivity index (χ3v) is 0.935. The zero-order chi connectivity index (χ0) is 7.28. The Labute approximate surface area is 59.5 Å². The summed E-state index contributed by atoms with van der Waals surface area (Å²) in [5.41, 5.74) is 10.9. The first kappa shape index (κ1) is 8.11. The lowest BCUT2D eigenvalue weighted by Gasteiger charge is -1.88. The molecule has 3 heteroatoms. The van der Waals surface area contributed by atoms with Gasteiger partial charge in [-0.15, -0.1) is 0 Å². The second kappa shape index (κ2) is 4.04. The molecule has 4 N–H and O–H groups in total. The second-order valence-corrected chi connectivity index (χ2v) is 1.84. The van der Waals surface area contributed by atoms with Gasteiger partial charge in [-0.25, -0.2) is 0 Å². The Balaban J connectivity index is 4.11. The van der Waals surface area contributed by atoms with E-state index in [9.17, 15) is 0 Å². The highest BCUT2D eigenvalue weighted by molar-refractivity contribution is 6.31. The van der Waals surface area contributed by atoms with Gasteiger partial charge in [0.1, 0.15) is 0 Å². The first-order valence-electron chi connectivity index (χ1n) is 2.37. The van der Waals surface area contributed by atoms with Crippen molar-refractivity contribution < 1.29 is 0 Å². The maximum atomic E-state index is 5.47. The van der Waals surface area contributed by atoms with Gasteiger partial charge in [0.25, 0.3) is 0 Å². The predicted octanol–water partition coefficient (Wildman–Crippen LogP) is 1.05. The van der Waals surface area contributed by atoms with Crippen LogP contribution in [0.15, 0.2) is 35.7 Å². The van der Waals surface area contributed by atoms with Crippen molar-refractivity contribution >= 4 is 11.6 Å². The summed E-state index contributed by atoms with van der Waals surface area (Å²) in [5, 5.41) is 0.410. The fourth-order valence-corrected chi connectivity index (χ4v) is 0.392. The third kappa shape index (κ3) is 3.67.